The zero-order valence-electron chi connectivity index (χ0n) is 20.2. The summed E-state index contributed by atoms with van der Waals surface area (Å²) in [5.74, 6) is 0.301. The Kier molecular flexibility index (Phi) is 7.95. The number of nitrogens with zero attached hydrogens (tertiary/aromatic N) is 2. The van der Waals surface area contributed by atoms with E-state index in [1.54, 1.807) is 24.3 Å². The Hall–Kier alpha value is -2.90. The topological polar surface area (TPSA) is 113 Å². The molecule has 1 aliphatic heterocycles. The molecule has 0 radical (unpaired) electrons. The second-order valence-electron chi connectivity index (χ2n) is 8.63. The summed E-state index contributed by atoms with van der Waals surface area (Å²) in [6, 6.07) is 20.0. The van der Waals surface area contributed by atoms with Crippen molar-refractivity contribution >= 4 is 38.6 Å². The maximum absolute atomic E-state index is 13.4. The van der Waals surface area contributed by atoms with Gasteiger partial charge in [-0.2, -0.15) is 16.9 Å². The number of aryl methyl sites for hydroxylation is 1. The van der Waals surface area contributed by atoms with E-state index in [4.69, 9.17) is 4.74 Å². The molecule has 3 aromatic carbocycles. The van der Waals surface area contributed by atoms with Gasteiger partial charge in [0.05, 0.1) is 9.79 Å². The number of nitrogens with one attached hydrogen (secondary N) is 1. The molecule has 12 heteroatoms. The Balaban J connectivity index is 1.50. The number of ether oxygens (including phenoxy) is 1. The number of hydrogen-bond acceptors (Lipinski definition) is 7. The number of hydrogen-bond donors (Lipinski definition) is 2. The minimum atomic E-state index is -4.08. The fraction of sp³-hybridized carbons (Fsp3) is 0.240. The standard InChI is InChI=1S/C25H27N3O6S3/c1-18-8-12-22(13-9-18)36(30,31)27(2)26-25(29)24-16-21(35)17-28(24)37(32,33)23-14-10-20(11-15-23)34-19-6-4-3-5-7-19/h3-15,21,24,35H,16-17H2,1-2H3,(H,26,29)/t21-,24+/m1/s1. The zero-order chi connectivity index (χ0) is 26.8. The van der Waals surface area contributed by atoms with E-state index in [1.165, 1.54) is 43.4 Å². The van der Waals surface area contributed by atoms with E-state index in [-0.39, 0.29) is 22.8 Å². The number of thiol groups is 1. The number of hydrazine groups is 1. The molecule has 9 nitrogen and oxygen atoms in total. The SMILES string of the molecule is Cc1ccc(S(=O)(=O)N(C)NC(=O)[C@@H]2C[C@@H](S)CN2S(=O)(=O)c2ccc(Oc3ccccc3)cc2)cc1. The van der Waals surface area contributed by atoms with Crippen LogP contribution in [-0.4, -0.2) is 56.3 Å². The monoisotopic (exact) mass is 561 g/mol. The van der Waals surface area contributed by atoms with Crippen molar-refractivity contribution in [3.63, 3.8) is 0 Å². The molecule has 1 amide bonds. The lowest BCUT2D eigenvalue weighted by Gasteiger charge is -2.26. The van der Waals surface area contributed by atoms with Crippen LogP contribution in [0, 0.1) is 6.92 Å². The molecule has 0 saturated carbocycles. The van der Waals surface area contributed by atoms with Crippen molar-refractivity contribution in [1.82, 2.24) is 14.1 Å². The molecule has 4 rings (SSSR count). The smallest absolute Gasteiger partial charge is 0.259 e. The first-order chi connectivity index (χ1) is 17.5. The van der Waals surface area contributed by atoms with Crippen LogP contribution in [0.15, 0.2) is 88.7 Å². The van der Waals surface area contributed by atoms with Crippen molar-refractivity contribution < 1.29 is 26.4 Å². The Morgan fingerprint density at radius 2 is 1.49 bits per heavy atom. The van der Waals surface area contributed by atoms with Gasteiger partial charge in [-0.25, -0.2) is 16.8 Å². The first-order valence-corrected chi connectivity index (χ1v) is 14.8. The molecule has 0 aliphatic carbocycles. The van der Waals surface area contributed by atoms with Crippen molar-refractivity contribution in [3.05, 3.63) is 84.4 Å². The maximum Gasteiger partial charge on any atom is 0.259 e. The van der Waals surface area contributed by atoms with E-state index in [1.807, 2.05) is 25.1 Å². The average Bonchev–Trinajstić information content (AvgIpc) is 3.28. The molecule has 0 unspecified atom stereocenters. The maximum atomic E-state index is 13.4. The largest absolute Gasteiger partial charge is 0.457 e. The molecule has 1 aliphatic rings. The van der Waals surface area contributed by atoms with Gasteiger partial charge in [-0.05, 0) is 61.9 Å². The Morgan fingerprint density at radius 3 is 2.11 bits per heavy atom. The number of rotatable bonds is 8. The first-order valence-electron chi connectivity index (χ1n) is 11.4. The number of carbonyl (C=O) groups is 1. The van der Waals surface area contributed by atoms with Crippen LogP contribution in [-0.2, 0) is 24.8 Å². The van der Waals surface area contributed by atoms with Gasteiger partial charge in [-0.15, -0.1) is 4.41 Å². The van der Waals surface area contributed by atoms with Crippen molar-refractivity contribution in [2.75, 3.05) is 13.6 Å². The van der Waals surface area contributed by atoms with Crippen LogP contribution in [0.3, 0.4) is 0 Å². The number of amides is 1. The third-order valence-electron chi connectivity index (χ3n) is 5.89. The van der Waals surface area contributed by atoms with Crippen LogP contribution < -0.4 is 10.2 Å². The van der Waals surface area contributed by atoms with Crippen molar-refractivity contribution in [2.45, 2.75) is 34.4 Å². The van der Waals surface area contributed by atoms with Crippen molar-refractivity contribution in [1.29, 1.82) is 0 Å². The van der Waals surface area contributed by atoms with Gasteiger partial charge in [0.2, 0.25) is 10.0 Å². The molecule has 2 atom stereocenters. The number of sulfonamides is 2. The van der Waals surface area contributed by atoms with Crippen LogP contribution in [0.5, 0.6) is 11.5 Å². The third-order valence-corrected chi connectivity index (χ3v) is 9.84. The number of carbonyl (C=O) groups excluding carboxylic acids is 1. The highest BCUT2D eigenvalue weighted by Crippen LogP contribution is 2.30. The minimum Gasteiger partial charge on any atom is -0.457 e. The molecule has 196 valence electrons. The lowest BCUT2D eigenvalue weighted by Crippen LogP contribution is -2.52. The van der Waals surface area contributed by atoms with Gasteiger partial charge in [0.1, 0.15) is 17.5 Å². The molecule has 0 aromatic heterocycles. The molecule has 1 saturated heterocycles. The summed E-state index contributed by atoms with van der Waals surface area (Å²) in [4.78, 5) is 13.1. The quantitative estimate of drug-likeness (QED) is 0.323. The van der Waals surface area contributed by atoms with E-state index >= 15 is 0 Å². The highest BCUT2D eigenvalue weighted by atomic mass is 32.2. The van der Waals surface area contributed by atoms with Crippen LogP contribution in [0.1, 0.15) is 12.0 Å². The van der Waals surface area contributed by atoms with Crippen molar-refractivity contribution in [2.24, 2.45) is 0 Å². The molecule has 37 heavy (non-hydrogen) atoms. The van der Waals surface area contributed by atoms with Crippen LogP contribution >= 0.6 is 12.6 Å². The number of para-hydroxylation sites is 1. The van der Waals surface area contributed by atoms with Crippen LogP contribution in [0.4, 0.5) is 0 Å². The average molecular weight is 562 g/mol. The highest BCUT2D eigenvalue weighted by molar-refractivity contribution is 7.89. The molecular weight excluding hydrogens is 534 g/mol. The van der Waals surface area contributed by atoms with Gasteiger partial charge in [0.25, 0.3) is 15.9 Å². The summed E-state index contributed by atoms with van der Waals surface area (Å²) >= 11 is 4.40. The predicted molar refractivity (Wildman–Crippen MR) is 142 cm³/mol. The predicted octanol–water partition coefficient (Wildman–Crippen LogP) is 3.20. The minimum absolute atomic E-state index is 0.000223. The number of benzene rings is 3. The van der Waals surface area contributed by atoms with Gasteiger partial charge in [0.15, 0.2) is 0 Å². The Morgan fingerprint density at radius 1 is 0.919 bits per heavy atom. The van der Waals surface area contributed by atoms with Gasteiger partial charge >= 0.3 is 0 Å². The van der Waals surface area contributed by atoms with E-state index in [2.05, 4.69) is 18.1 Å². The summed E-state index contributed by atoms with van der Waals surface area (Å²) in [6.07, 6.45) is 0.127. The van der Waals surface area contributed by atoms with E-state index < -0.39 is 37.2 Å². The van der Waals surface area contributed by atoms with E-state index in [9.17, 15) is 21.6 Å². The second kappa shape index (κ2) is 10.8. The molecule has 1 fully saturated rings. The molecule has 0 spiro atoms. The fourth-order valence-electron chi connectivity index (χ4n) is 3.89. The normalized spacial score (nSPS) is 18.6. The lowest BCUT2D eigenvalue weighted by molar-refractivity contribution is -0.126. The molecule has 3 aromatic rings. The Labute approximate surface area is 222 Å². The van der Waals surface area contributed by atoms with E-state index in [0.29, 0.717) is 15.9 Å². The summed E-state index contributed by atoms with van der Waals surface area (Å²) in [5, 5.41) is -0.398. The summed E-state index contributed by atoms with van der Waals surface area (Å²) in [7, 11) is -6.91. The molecule has 1 heterocycles. The second-order valence-corrected chi connectivity index (χ2v) is 13.2. The highest BCUT2D eigenvalue weighted by Gasteiger charge is 2.43. The van der Waals surface area contributed by atoms with Crippen molar-refractivity contribution in [3.8, 4) is 11.5 Å². The van der Waals surface area contributed by atoms with Gasteiger partial charge in [0, 0.05) is 18.8 Å². The molecule has 0 bridgehead atoms. The van der Waals surface area contributed by atoms with Crippen LogP contribution in [0.25, 0.3) is 0 Å². The van der Waals surface area contributed by atoms with Gasteiger partial charge in [-0.1, -0.05) is 35.9 Å². The summed E-state index contributed by atoms with van der Waals surface area (Å²) in [6.45, 7) is 1.83. The van der Waals surface area contributed by atoms with E-state index in [0.717, 1.165) is 9.87 Å². The zero-order valence-corrected chi connectivity index (χ0v) is 22.7. The summed E-state index contributed by atoms with van der Waals surface area (Å²) < 4.78 is 60.1. The van der Waals surface area contributed by atoms with Crippen LogP contribution in [0.2, 0.25) is 0 Å². The first kappa shape index (κ1) is 27.1. The fourth-order valence-corrected chi connectivity index (χ4v) is 7.02. The third kappa shape index (κ3) is 5.99. The Bertz CT molecular complexity index is 1460. The molecular formula is C25H27N3O6S3. The van der Waals surface area contributed by atoms with Gasteiger partial charge in [-0.3, -0.25) is 10.2 Å². The van der Waals surface area contributed by atoms with Gasteiger partial charge < -0.3 is 4.74 Å². The lowest BCUT2D eigenvalue weighted by atomic mass is 10.2. The molecule has 1 N–H and O–H groups in total. The summed E-state index contributed by atoms with van der Waals surface area (Å²) in [5.41, 5.74) is 3.22.